The second-order valence-electron chi connectivity index (χ2n) is 7.90. The average Bonchev–Trinajstić information content (AvgIpc) is 3.32. The van der Waals surface area contributed by atoms with Crippen LogP contribution in [0.5, 0.6) is 0 Å². The van der Waals surface area contributed by atoms with Crippen molar-refractivity contribution < 1.29 is 14.7 Å². The van der Waals surface area contributed by atoms with Crippen LogP contribution in [0.25, 0.3) is 16.2 Å². The zero-order valence-corrected chi connectivity index (χ0v) is 18.8. The molecule has 1 aliphatic rings. The van der Waals surface area contributed by atoms with Crippen LogP contribution in [0.3, 0.4) is 0 Å². The van der Waals surface area contributed by atoms with Crippen LogP contribution in [0.4, 0.5) is 11.6 Å². The number of carbonyl (C=O) groups is 2. The number of pyridine rings is 3. The standard InChI is InChI=1S/C22H19N7O4S/c1-12-6-17(28-8-13(9-28)15(30)7-24-16-4-2-3-5-23-16)27-20-18(12)19(31)14(21(32)33)10-29(20)22-25-11-26-34-22/h2-6,10-11,13H,7-9H2,1H3,(H,23,24)(H,32,33). The van der Waals surface area contributed by atoms with Crippen LogP contribution < -0.4 is 15.6 Å². The van der Waals surface area contributed by atoms with Crippen molar-refractivity contribution in [1.82, 2.24) is 23.9 Å². The Balaban J connectivity index is 1.42. The van der Waals surface area contributed by atoms with Crippen molar-refractivity contribution in [3.8, 4) is 5.13 Å². The number of nitrogens with zero attached hydrogens (tertiary/aromatic N) is 6. The number of fused-ring (bicyclic) bond motifs is 1. The molecule has 0 unspecified atom stereocenters. The molecule has 12 heteroatoms. The first-order chi connectivity index (χ1) is 16.4. The molecule has 0 saturated carbocycles. The van der Waals surface area contributed by atoms with Gasteiger partial charge in [-0.15, -0.1) is 0 Å². The van der Waals surface area contributed by atoms with Gasteiger partial charge in [0.15, 0.2) is 11.4 Å². The van der Waals surface area contributed by atoms with Crippen LogP contribution in [0, 0.1) is 12.8 Å². The lowest BCUT2D eigenvalue weighted by atomic mass is 9.94. The number of nitrogens with one attached hydrogen (secondary N) is 1. The van der Waals surface area contributed by atoms with Gasteiger partial charge in [0.2, 0.25) is 10.6 Å². The Morgan fingerprint density at radius 1 is 1.26 bits per heavy atom. The van der Waals surface area contributed by atoms with E-state index in [9.17, 15) is 19.5 Å². The number of anilines is 2. The van der Waals surface area contributed by atoms with Crippen molar-refractivity contribution in [2.75, 3.05) is 29.9 Å². The van der Waals surface area contributed by atoms with Crippen molar-refractivity contribution in [3.63, 3.8) is 0 Å². The lowest BCUT2D eigenvalue weighted by molar-refractivity contribution is -0.121. The highest BCUT2D eigenvalue weighted by atomic mass is 32.1. The van der Waals surface area contributed by atoms with Gasteiger partial charge in [-0.3, -0.25) is 14.2 Å². The molecule has 2 N–H and O–H groups in total. The Morgan fingerprint density at radius 2 is 2.09 bits per heavy atom. The van der Waals surface area contributed by atoms with Gasteiger partial charge in [0, 0.05) is 37.0 Å². The second kappa shape index (κ2) is 8.63. The SMILES string of the molecule is Cc1cc(N2CC(C(=O)CNc3ccccn3)C2)nc2c1c(=O)c(C(=O)O)cn2-c1ncns1. The van der Waals surface area contributed by atoms with E-state index in [0.717, 1.165) is 11.5 Å². The summed E-state index contributed by atoms with van der Waals surface area (Å²) in [7, 11) is 0. The maximum Gasteiger partial charge on any atom is 0.341 e. The molecule has 1 aliphatic heterocycles. The van der Waals surface area contributed by atoms with E-state index in [1.807, 2.05) is 17.0 Å². The molecule has 11 nitrogen and oxygen atoms in total. The fourth-order valence-electron chi connectivity index (χ4n) is 3.87. The molecule has 0 bridgehead atoms. The summed E-state index contributed by atoms with van der Waals surface area (Å²) in [5.41, 5.74) is -0.0706. The van der Waals surface area contributed by atoms with Crippen LogP contribution in [0.2, 0.25) is 0 Å². The molecule has 0 amide bonds. The van der Waals surface area contributed by atoms with E-state index in [1.54, 1.807) is 25.3 Å². The summed E-state index contributed by atoms with van der Waals surface area (Å²) in [6.07, 6.45) is 4.24. The second-order valence-corrected chi connectivity index (χ2v) is 8.66. The predicted molar refractivity (Wildman–Crippen MR) is 126 cm³/mol. The van der Waals surface area contributed by atoms with Crippen LogP contribution >= 0.6 is 11.5 Å². The Morgan fingerprint density at radius 3 is 2.76 bits per heavy atom. The lowest BCUT2D eigenvalue weighted by Gasteiger charge is -2.39. The molecule has 5 heterocycles. The molecule has 0 aliphatic carbocycles. The zero-order chi connectivity index (χ0) is 23.8. The maximum absolute atomic E-state index is 12.9. The zero-order valence-electron chi connectivity index (χ0n) is 18.0. The molecule has 0 spiro atoms. The summed E-state index contributed by atoms with van der Waals surface area (Å²) in [5.74, 6) is -0.135. The Kier molecular flexibility index (Phi) is 5.49. The number of ketones is 1. The third-order valence-electron chi connectivity index (χ3n) is 5.70. The molecule has 34 heavy (non-hydrogen) atoms. The molecular formula is C22H19N7O4S. The van der Waals surface area contributed by atoms with Gasteiger partial charge in [-0.25, -0.2) is 19.7 Å². The fraction of sp³-hybridized carbons (Fsp3) is 0.227. The number of hydrogen-bond acceptors (Lipinski definition) is 10. The van der Waals surface area contributed by atoms with Gasteiger partial charge < -0.3 is 15.3 Å². The van der Waals surface area contributed by atoms with E-state index in [0.29, 0.717) is 41.1 Å². The molecule has 0 aromatic carbocycles. The van der Waals surface area contributed by atoms with E-state index in [-0.39, 0.29) is 29.2 Å². The summed E-state index contributed by atoms with van der Waals surface area (Å²) in [4.78, 5) is 52.0. The lowest BCUT2D eigenvalue weighted by Crippen LogP contribution is -2.52. The van der Waals surface area contributed by atoms with Crippen molar-refractivity contribution >= 4 is 46.0 Å². The number of carboxylic acid groups (broad SMARTS) is 1. The Bertz CT molecular complexity index is 1450. The van der Waals surface area contributed by atoms with Crippen molar-refractivity contribution in [3.05, 3.63) is 64.3 Å². The van der Waals surface area contributed by atoms with Crippen LogP contribution in [0.15, 0.2) is 47.8 Å². The third-order valence-corrected chi connectivity index (χ3v) is 6.36. The molecule has 0 radical (unpaired) electrons. The third kappa shape index (κ3) is 3.88. The van der Waals surface area contributed by atoms with E-state index in [4.69, 9.17) is 0 Å². The summed E-state index contributed by atoms with van der Waals surface area (Å²) >= 11 is 1.06. The topological polar surface area (TPSA) is 143 Å². The number of carboxylic acids is 1. The summed E-state index contributed by atoms with van der Waals surface area (Å²) in [6.45, 7) is 2.92. The van der Waals surface area contributed by atoms with Crippen LogP contribution in [-0.2, 0) is 4.79 Å². The largest absolute Gasteiger partial charge is 0.477 e. The van der Waals surface area contributed by atoms with Gasteiger partial charge in [-0.1, -0.05) is 6.07 Å². The smallest absolute Gasteiger partial charge is 0.341 e. The van der Waals surface area contributed by atoms with Crippen molar-refractivity contribution in [2.45, 2.75) is 6.92 Å². The molecule has 0 atom stereocenters. The van der Waals surface area contributed by atoms with E-state index >= 15 is 0 Å². The normalized spacial score (nSPS) is 13.6. The molecule has 5 rings (SSSR count). The first-order valence-corrected chi connectivity index (χ1v) is 11.2. The average molecular weight is 478 g/mol. The number of carbonyl (C=O) groups excluding carboxylic acids is 1. The summed E-state index contributed by atoms with van der Waals surface area (Å²) in [5, 5.41) is 13.2. The minimum Gasteiger partial charge on any atom is -0.477 e. The number of rotatable bonds is 7. The molecule has 4 aromatic heterocycles. The van der Waals surface area contributed by atoms with Gasteiger partial charge in [0.1, 0.15) is 23.5 Å². The molecule has 1 fully saturated rings. The summed E-state index contributed by atoms with van der Waals surface area (Å²) < 4.78 is 5.46. The fourth-order valence-corrected chi connectivity index (χ4v) is 4.38. The molecular weight excluding hydrogens is 458 g/mol. The highest BCUT2D eigenvalue weighted by Crippen LogP contribution is 2.28. The molecule has 4 aromatic rings. The Labute approximate surface area is 196 Å². The number of Topliss-reactive ketones (excluding diaryl/α,β-unsaturated/α-hetero) is 1. The van der Waals surface area contributed by atoms with E-state index in [1.165, 1.54) is 17.1 Å². The molecule has 1 saturated heterocycles. The monoisotopic (exact) mass is 477 g/mol. The molecule has 172 valence electrons. The minimum absolute atomic E-state index is 0.0799. The van der Waals surface area contributed by atoms with Crippen molar-refractivity contribution in [1.29, 1.82) is 0 Å². The minimum atomic E-state index is -1.32. The highest BCUT2D eigenvalue weighted by Gasteiger charge is 2.33. The first-order valence-electron chi connectivity index (χ1n) is 10.4. The maximum atomic E-state index is 12.9. The van der Waals surface area contributed by atoms with Gasteiger partial charge in [0.05, 0.1) is 17.8 Å². The number of aryl methyl sites for hydroxylation is 1. The highest BCUT2D eigenvalue weighted by molar-refractivity contribution is 7.08. The number of aromatic nitrogens is 5. The summed E-state index contributed by atoms with van der Waals surface area (Å²) in [6, 6.07) is 7.20. The van der Waals surface area contributed by atoms with E-state index in [2.05, 4.69) is 24.6 Å². The number of hydrogen-bond donors (Lipinski definition) is 2. The van der Waals surface area contributed by atoms with Gasteiger partial charge >= 0.3 is 5.97 Å². The van der Waals surface area contributed by atoms with Gasteiger partial charge in [-0.05, 0) is 30.7 Å². The van der Waals surface area contributed by atoms with Gasteiger partial charge in [0.25, 0.3) is 0 Å². The van der Waals surface area contributed by atoms with Crippen molar-refractivity contribution in [2.24, 2.45) is 5.92 Å². The van der Waals surface area contributed by atoms with Crippen LogP contribution in [0.1, 0.15) is 15.9 Å². The quantitative estimate of drug-likeness (QED) is 0.404. The predicted octanol–water partition coefficient (Wildman–Crippen LogP) is 1.76. The Hall–Kier alpha value is -4.19. The number of aromatic carboxylic acids is 1. The first kappa shape index (κ1) is 21.6. The van der Waals surface area contributed by atoms with Gasteiger partial charge in [-0.2, -0.15) is 4.37 Å². The van der Waals surface area contributed by atoms with Crippen LogP contribution in [-0.4, -0.2) is 60.4 Å². The van der Waals surface area contributed by atoms with E-state index < -0.39 is 11.4 Å².